The van der Waals surface area contributed by atoms with Gasteiger partial charge in [0, 0.05) is 19.5 Å². The van der Waals surface area contributed by atoms with Crippen molar-refractivity contribution in [2.45, 2.75) is 51.5 Å². The molecule has 0 bridgehead atoms. The van der Waals surface area contributed by atoms with Crippen molar-refractivity contribution in [1.82, 2.24) is 10.2 Å². The third kappa shape index (κ3) is 5.23. The maximum atomic E-state index is 12.1. The molecule has 0 aliphatic carbocycles. The molecule has 0 radical (unpaired) electrons. The Morgan fingerprint density at radius 3 is 2.59 bits per heavy atom. The van der Waals surface area contributed by atoms with Gasteiger partial charge in [-0.2, -0.15) is 0 Å². The van der Waals surface area contributed by atoms with Crippen molar-refractivity contribution in [3.05, 3.63) is 0 Å². The smallest absolute Gasteiger partial charge is 0.239 e. The lowest BCUT2D eigenvalue weighted by molar-refractivity contribution is -0.133. The fourth-order valence-corrected chi connectivity index (χ4v) is 2.16. The normalized spacial score (nSPS) is 18.2. The molecule has 0 spiro atoms. The summed E-state index contributed by atoms with van der Waals surface area (Å²) in [6.07, 6.45) is 11.7. The molecule has 1 rings (SSSR count). The van der Waals surface area contributed by atoms with E-state index in [9.17, 15) is 4.79 Å². The van der Waals surface area contributed by atoms with E-state index < -0.39 is 0 Å². The van der Waals surface area contributed by atoms with Crippen LogP contribution in [0.25, 0.3) is 0 Å². The number of hydrogen-bond acceptors (Lipinski definition) is 2. The molecular formula is C14H24N2O. The lowest BCUT2D eigenvalue weighted by atomic mass is 10.2. The molecule has 1 unspecified atom stereocenters. The van der Waals surface area contributed by atoms with E-state index in [1.807, 2.05) is 11.8 Å². The number of nitrogens with one attached hydrogen (secondary N) is 1. The van der Waals surface area contributed by atoms with Crippen LogP contribution in [0, 0.1) is 12.3 Å². The molecule has 3 nitrogen and oxygen atoms in total. The summed E-state index contributed by atoms with van der Waals surface area (Å²) >= 11 is 0. The Morgan fingerprint density at radius 2 is 2.00 bits per heavy atom. The average Bonchev–Trinajstić information content (AvgIpc) is 2.62. The summed E-state index contributed by atoms with van der Waals surface area (Å²) in [5.41, 5.74) is 0. The summed E-state index contributed by atoms with van der Waals surface area (Å²) in [6.45, 7) is 4.62. The minimum atomic E-state index is -0.0779. The van der Waals surface area contributed by atoms with E-state index in [-0.39, 0.29) is 11.9 Å². The molecule has 0 aromatic heterocycles. The first kappa shape index (κ1) is 14.1. The highest BCUT2D eigenvalue weighted by molar-refractivity contribution is 5.81. The molecular weight excluding hydrogens is 212 g/mol. The van der Waals surface area contributed by atoms with Gasteiger partial charge in [-0.25, -0.2) is 0 Å². The van der Waals surface area contributed by atoms with E-state index >= 15 is 0 Å². The van der Waals surface area contributed by atoms with Gasteiger partial charge in [0.05, 0.1) is 6.04 Å². The number of unbranched alkanes of at least 4 members (excludes halogenated alkanes) is 1. The van der Waals surface area contributed by atoms with Crippen LogP contribution in [0.15, 0.2) is 0 Å². The highest BCUT2D eigenvalue weighted by Gasteiger charge is 2.20. The third-order valence-electron chi connectivity index (χ3n) is 3.24. The molecule has 1 aliphatic rings. The average molecular weight is 236 g/mol. The second-order valence-corrected chi connectivity index (χ2v) is 4.72. The standard InChI is InChI=1S/C14H24N2O/c1-3-4-7-10-15-13(2)14(17)16-11-8-5-6-9-12-16/h1,13,15H,4-12H2,2H3. The molecule has 1 saturated heterocycles. The summed E-state index contributed by atoms with van der Waals surface area (Å²) in [5, 5.41) is 3.25. The molecule has 1 amide bonds. The van der Waals surface area contributed by atoms with Crippen LogP contribution >= 0.6 is 0 Å². The number of hydrogen-bond donors (Lipinski definition) is 1. The molecule has 0 aromatic rings. The van der Waals surface area contributed by atoms with E-state index in [2.05, 4.69) is 11.2 Å². The van der Waals surface area contributed by atoms with Gasteiger partial charge in [0.1, 0.15) is 0 Å². The molecule has 0 aromatic carbocycles. The molecule has 1 atom stereocenters. The Morgan fingerprint density at radius 1 is 1.35 bits per heavy atom. The van der Waals surface area contributed by atoms with Crippen LogP contribution < -0.4 is 5.32 Å². The Hall–Kier alpha value is -1.01. The summed E-state index contributed by atoms with van der Waals surface area (Å²) in [6, 6.07) is -0.0779. The highest BCUT2D eigenvalue weighted by atomic mass is 16.2. The van der Waals surface area contributed by atoms with Crippen LogP contribution in [0.4, 0.5) is 0 Å². The second-order valence-electron chi connectivity index (χ2n) is 4.72. The molecule has 1 fully saturated rings. The molecule has 0 saturated carbocycles. The van der Waals surface area contributed by atoms with Gasteiger partial charge in [-0.05, 0) is 32.7 Å². The number of amides is 1. The van der Waals surface area contributed by atoms with Crippen LogP contribution in [0.5, 0.6) is 0 Å². The second kappa shape index (κ2) is 8.14. The van der Waals surface area contributed by atoms with E-state index in [4.69, 9.17) is 6.42 Å². The monoisotopic (exact) mass is 236 g/mol. The summed E-state index contributed by atoms with van der Waals surface area (Å²) in [5.74, 6) is 2.85. The van der Waals surface area contributed by atoms with Gasteiger partial charge >= 0.3 is 0 Å². The Balaban J connectivity index is 2.27. The van der Waals surface area contributed by atoms with Crippen LogP contribution in [0.2, 0.25) is 0 Å². The van der Waals surface area contributed by atoms with Gasteiger partial charge < -0.3 is 10.2 Å². The number of likely N-dealkylation sites (tertiary alicyclic amines) is 1. The minimum absolute atomic E-state index is 0.0779. The lowest BCUT2D eigenvalue weighted by Gasteiger charge is -2.24. The van der Waals surface area contributed by atoms with Crippen molar-refractivity contribution in [1.29, 1.82) is 0 Å². The van der Waals surface area contributed by atoms with Crippen molar-refractivity contribution in [3.63, 3.8) is 0 Å². The molecule has 96 valence electrons. The fourth-order valence-electron chi connectivity index (χ4n) is 2.16. The third-order valence-corrected chi connectivity index (χ3v) is 3.24. The molecule has 1 N–H and O–H groups in total. The van der Waals surface area contributed by atoms with Gasteiger partial charge in [-0.3, -0.25) is 4.79 Å². The topological polar surface area (TPSA) is 32.3 Å². The van der Waals surface area contributed by atoms with Gasteiger partial charge in [0.15, 0.2) is 0 Å². The van der Waals surface area contributed by atoms with E-state index in [0.29, 0.717) is 0 Å². The zero-order valence-corrected chi connectivity index (χ0v) is 10.9. The minimum Gasteiger partial charge on any atom is -0.341 e. The molecule has 17 heavy (non-hydrogen) atoms. The van der Waals surface area contributed by atoms with Gasteiger partial charge in [0.2, 0.25) is 5.91 Å². The number of nitrogens with zero attached hydrogens (tertiary/aromatic N) is 1. The van der Waals surface area contributed by atoms with E-state index in [0.717, 1.165) is 45.3 Å². The first-order valence-corrected chi connectivity index (χ1v) is 6.71. The van der Waals surface area contributed by atoms with Crippen LogP contribution in [-0.2, 0) is 4.79 Å². The Kier molecular flexibility index (Phi) is 6.73. The maximum absolute atomic E-state index is 12.1. The lowest BCUT2D eigenvalue weighted by Crippen LogP contribution is -2.45. The van der Waals surface area contributed by atoms with Gasteiger partial charge in [0.25, 0.3) is 0 Å². The van der Waals surface area contributed by atoms with Crippen LogP contribution in [-0.4, -0.2) is 36.5 Å². The van der Waals surface area contributed by atoms with E-state index in [1.165, 1.54) is 12.8 Å². The Bertz CT molecular complexity index is 262. The zero-order chi connectivity index (χ0) is 12.5. The summed E-state index contributed by atoms with van der Waals surface area (Å²) in [7, 11) is 0. The van der Waals surface area contributed by atoms with Crippen molar-refractivity contribution < 1.29 is 4.79 Å². The van der Waals surface area contributed by atoms with Crippen molar-refractivity contribution in [3.8, 4) is 12.3 Å². The quantitative estimate of drug-likeness (QED) is 0.583. The molecule has 3 heteroatoms. The first-order valence-electron chi connectivity index (χ1n) is 6.71. The fraction of sp³-hybridized carbons (Fsp3) is 0.786. The maximum Gasteiger partial charge on any atom is 0.239 e. The Labute approximate surface area is 105 Å². The van der Waals surface area contributed by atoms with Crippen LogP contribution in [0.3, 0.4) is 0 Å². The first-order chi connectivity index (χ1) is 8.25. The largest absolute Gasteiger partial charge is 0.341 e. The SMILES string of the molecule is C#CCCCNC(C)C(=O)N1CCCCCC1. The van der Waals surface area contributed by atoms with Gasteiger partial charge in [-0.15, -0.1) is 12.3 Å². The number of carbonyl (C=O) groups is 1. The van der Waals surface area contributed by atoms with Crippen molar-refractivity contribution in [2.24, 2.45) is 0 Å². The number of rotatable bonds is 5. The molecule has 1 aliphatic heterocycles. The summed E-state index contributed by atoms with van der Waals surface area (Å²) < 4.78 is 0. The number of carbonyl (C=O) groups excluding carboxylic acids is 1. The zero-order valence-electron chi connectivity index (χ0n) is 10.9. The molecule has 1 heterocycles. The number of terminal acetylenes is 1. The summed E-state index contributed by atoms with van der Waals surface area (Å²) in [4.78, 5) is 14.1. The highest BCUT2D eigenvalue weighted by Crippen LogP contribution is 2.10. The van der Waals surface area contributed by atoms with Crippen molar-refractivity contribution >= 4 is 5.91 Å². The predicted molar refractivity (Wildman–Crippen MR) is 70.6 cm³/mol. The van der Waals surface area contributed by atoms with E-state index in [1.54, 1.807) is 0 Å². The van der Waals surface area contributed by atoms with Crippen LogP contribution in [0.1, 0.15) is 45.4 Å². The van der Waals surface area contributed by atoms with Crippen molar-refractivity contribution in [2.75, 3.05) is 19.6 Å². The van der Waals surface area contributed by atoms with Gasteiger partial charge in [-0.1, -0.05) is 12.8 Å². The predicted octanol–water partition coefficient (Wildman–Crippen LogP) is 1.78.